The van der Waals surface area contributed by atoms with E-state index >= 15 is 0 Å². The molecule has 2 aromatic carbocycles. The Morgan fingerprint density at radius 2 is 1.74 bits per heavy atom. The second-order valence-corrected chi connectivity index (χ2v) is 10.2. The van der Waals surface area contributed by atoms with Crippen LogP contribution in [0.4, 0.5) is 5.69 Å². The molecule has 178 valence electrons. The number of furan rings is 1. The third-order valence-corrected chi connectivity index (χ3v) is 7.72. The molecule has 0 N–H and O–H groups in total. The second-order valence-electron chi connectivity index (χ2n) is 8.34. The van der Waals surface area contributed by atoms with Gasteiger partial charge in [-0.1, -0.05) is 26.0 Å². The fourth-order valence-electron chi connectivity index (χ4n) is 3.92. The number of anilines is 1. The lowest BCUT2D eigenvalue weighted by Crippen LogP contribution is -2.45. The van der Waals surface area contributed by atoms with E-state index in [1.54, 1.807) is 24.3 Å². The van der Waals surface area contributed by atoms with Gasteiger partial charge in [-0.3, -0.25) is 9.59 Å². The van der Waals surface area contributed by atoms with Crippen molar-refractivity contribution in [3.05, 3.63) is 78.3 Å². The fraction of sp³-hybridized carbons (Fsp3) is 0.280. The van der Waals surface area contributed by atoms with Gasteiger partial charge in [0.2, 0.25) is 15.9 Å². The molecule has 1 aliphatic rings. The van der Waals surface area contributed by atoms with E-state index in [9.17, 15) is 18.0 Å². The molecule has 2 amide bonds. The van der Waals surface area contributed by atoms with E-state index < -0.39 is 27.9 Å². The third kappa shape index (κ3) is 4.49. The van der Waals surface area contributed by atoms with Crippen molar-refractivity contribution in [1.29, 1.82) is 0 Å². The number of carbonyl (C=O) groups is 2. The van der Waals surface area contributed by atoms with Crippen molar-refractivity contribution < 1.29 is 27.2 Å². The lowest BCUT2D eigenvalue weighted by atomic mass is 10.0. The number of hydrogen-bond acceptors (Lipinski definition) is 6. The van der Waals surface area contributed by atoms with E-state index in [-0.39, 0.29) is 17.9 Å². The fourth-order valence-corrected chi connectivity index (χ4v) is 5.47. The molecule has 8 nitrogen and oxygen atoms in total. The van der Waals surface area contributed by atoms with Crippen LogP contribution in [0.5, 0.6) is 5.75 Å². The first kappa shape index (κ1) is 23.7. The van der Waals surface area contributed by atoms with Crippen molar-refractivity contribution in [3.63, 3.8) is 0 Å². The van der Waals surface area contributed by atoms with Gasteiger partial charge >= 0.3 is 0 Å². The first-order chi connectivity index (χ1) is 16.2. The minimum atomic E-state index is -4.15. The normalized spacial score (nSPS) is 16.6. The highest BCUT2D eigenvalue weighted by molar-refractivity contribution is 7.89. The summed E-state index contributed by atoms with van der Waals surface area (Å²) in [6.07, 6.45) is 1.17. The average molecular weight is 483 g/mol. The maximum absolute atomic E-state index is 13.6. The molecule has 1 fully saturated rings. The highest BCUT2D eigenvalue weighted by Gasteiger charge is 2.47. The number of imide groups is 1. The molecular formula is C25H26N2O6S. The highest BCUT2D eigenvalue weighted by Crippen LogP contribution is 2.32. The predicted molar refractivity (Wildman–Crippen MR) is 126 cm³/mol. The molecule has 0 radical (unpaired) electrons. The Morgan fingerprint density at radius 1 is 1.06 bits per heavy atom. The Bertz CT molecular complexity index is 1270. The minimum Gasteiger partial charge on any atom is -0.497 e. The maximum Gasteiger partial charge on any atom is 0.252 e. The number of sulfonamides is 1. The van der Waals surface area contributed by atoms with Gasteiger partial charge in [0.05, 0.1) is 36.9 Å². The van der Waals surface area contributed by atoms with Crippen LogP contribution in [0.1, 0.15) is 37.5 Å². The molecule has 0 aliphatic carbocycles. The molecule has 0 saturated carbocycles. The number of methoxy groups -OCH3 is 1. The van der Waals surface area contributed by atoms with E-state index in [0.717, 1.165) is 14.8 Å². The molecule has 9 heteroatoms. The Morgan fingerprint density at radius 3 is 2.29 bits per heavy atom. The van der Waals surface area contributed by atoms with Gasteiger partial charge in [-0.15, -0.1) is 0 Å². The van der Waals surface area contributed by atoms with Crippen LogP contribution in [0, 0.1) is 0 Å². The Kier molecular flexibility index (Phi) is 6.58. The van der Waals surface area contributed by atoms with Gasteiger partial charge < -0.3 is 9.15 Å². The monoisotopic (exact) mass is 482 g/mol. The maximum atomic E-state index is 13.6. The van der Waals surface area contributed by atoms with Crippen molar-refractivity contribution in [2.75, 3.05) is 12.0 Å². The number of benzene rings is 2. The summed E-state index contributed by atoms with van der Waals surface area (Å²) in [6.45, 7) is 3.91. The molecule has 1 aliphatic heterocycles. The van der Waals surface area contributed by atoms with E-state index in [0.29, 0.717) is 23.1 Å². The summed E-state index contributed by atoms with van der Waals surface area (Å²) in [5.74, 6) is 0.106. The molecule has 1 saturated heterocycles. The number of carbonyl (C=O) groups excluding carboxylic acids is 2. The quantitative estimate of drug-likeness (QED) is 0.451. The molecule has 1 atom stereocenters. The largest absolute Gasteiger partial charge is 0.497 e. The zero-order valence-electron chi connectivity index (χ0n) is 19.2. The summed E-state index contributed by atoms with van der Waals surface area (Å²) in [5.41, 5.74) is 1.49. The second kappa shape index (κ2) is 9.44. The predicted octanol–water partition coefficient (Wildman–Crippen LogP) is 3.93. The zero-order valence-corrected chi connectivity index (χ0v) is 20.0. The van der Waals surface area contributed by atoms with Gasteiger partial charge in [0.25, 0.3) is 5.91 Å². The zero-order chi connectivity index (χ0) is 24.5. The Balaban J connectivity index is 1.70. The topological polar surface area (TPSA) is 97.1 Å². The van der Waals surface area contributed by atoms with Gasteiger partial charge in [-0.25, -0.2) is 13.3 Å². The standard InChI is InChI=1S/C25H26N2O6S/c1-17(2)18-6-8-19(9-7-18)27-24(28)15-23(25(27)29)26(16-21-5-4-14-33-21)34(30,31)22-12-10-20(32-3)11-13-22/h4-14,17,23H,15-16H2,1-3H3. The van der Waals surface area contributed by atoms with E-state index in [1.807, 2.05) is 26.0 Å². The van der Waals surface area contributed by atoms with Crippen LogP contribution in [0.2, 0.25) is 0 Å². The van der Waals surface area contributed by atoms with Crippen molar-refractivity contribution in [1.82, 2.24) is 4.31 Å². The number of rotatable bonds is 8. The molecule has 2 heterocycles. The van der Waals surface area contributed by atoms with Gasteiger partial charge in [0, 0.05) is 0 Å². The van der Waals surface area contributed by atoms with Crippen LogP contribution >= 0.6 is 0 Å². The first-order valence-electron chi connectivity index (χ1n) is 10.9. The Labute approximate surface area is 198 Å². The van der Waals surface area contributed by atoms with Gasteiger partial charge in [0.1, 0.15) is 17.6 Å². The number of amides is 2. The van der Waals surface area contributed by atoms with E-state index in [1.165, 1.54) is 37.6 Å². The van der Waals surface area contributed by atoms with Crippen molar-refractivity contribution in [2.45, 2.75) is 43.7 Å². The molecule has 0 bridgehead atoms. The van der Waals surface area contributed by atoms with Crippen molar-refractivity contribution in [2.24, 2.45) is 0 Å². The smallest absolute Gasteiger partial charge is 0.252 e. The van der Waals surface area contributed by atoms with Gasteiger partial charge in [-0.05, 0) is 60.0 Å². The summed E-state index contributed by atoms with van der Waals surface area (Å²) in [5, 5.41) is 0. The molecule has 0 spiro atoms. The van der Waals surface area contributed by atoms with Crippen LogP contribution in [-0.4, -0.2) is 37.7 Å². The molecule has 3 aromatic rings. The summed E-state index contributed by atoms with van der Waals surface area (Å²) in [7, 11) is -2.66. The van der Waals surface area contributed by atoms with Crippen molar-refractivity contribution in [3.8, 4) is 5.75 Å². The highest BCUT2D eigenvalue weighted by atomic mass is 32.2. The molecule has 34 heavy (non-hydrogen) atoms. The van der Waals surface area contributed by atoms with Gasteiger partial charge in [0.15, 0.2) is 0 Å². The SMILES string of the molecule is COc1ccc(S(=O)(=O)N(Cc2ccco2)C2CC(=O)N(c3ccc(C(C)C)cc3)C2=O)cc1. The van der Waals surface area contributed by atoms with Crippen LogP contribution in [0.25, 0.3) is 0 Å². The summed E-state index contributed by atoms with van der Waals surface area (Å²) in [4.78, 5) is 27.4. The van der Waals surface area contributed by atoms with Crippen LogP contribution in [0.3, 0.4) is 0 Å². The first-order valence-corrected chi connectivity index (χ1v) is 12.3. The molecule has 1 unspecified atom stereocenters. The third-order valence-electron chi connectivity index (χ3n) is 5.85. The van der Waals surface area contributed by atoms with Crippen LogP contribution in [0.15, 0.2) is 76.2 Å². The Hall–Kier alpha value is -3.43. The summed E-state index contributed by atoms with van der Waals surface area (Å²) in [6, 6.07) is 15.1. The number of ether oxygens (including phenoxy) is 1. The average Bonchev–Trinajstić information content (AvgIpc) is 3.44. The number of hydrogen-bond donors (Lipinski definition) is 0. The molecule has 1 aromatic heterocycles. The number of nitrogens with zero attached hydrogens (tertiary/aromatic N) is 2. The summed E-state index contributed by atoms with van der Waals surface area (Å²) >= 11 is 0. The summed E-state index contributed by atoms with van der Waals surface area (Å²) < 4.78 is 38.8. The van der Waals surface area contributed by atoms with E-state index in [2.05, 4.69) is 0 Å². The van der Waals surface area contributed by atoms with E-state index in [4.69, 9.17) is 9.15 Å². The molecular weight excluding hydrogens is 456 g/mol. The lowest BCUT2D eigenvalue weighted by Gasteiger charge is -2.26. The van der Waals surface area contributed by atoms with Gasteiger partial charge in [-0.2, -0.15) is 4.31 Å². The van der Waals surface area contributed by atoms with Crippen LogP contribution < -0.4 is 9.64 Å². The lowest BCUT2D eigenvalue weighted by molar-refractivity contribution is -0.122. The minimum absolute atomic E-state index is 0.0140. The van der Waals surface area contributed by atoms with Crippen molar-refractivity contribution >= 4 is 27.5 Å². The van der Waals surface area contributed by atoms with Crippen LogP contribution in [-0.2, 0) is 26.2 Å². The molecule has 4 rings (SSSR count).